The average Bonchev–Trinajstić information content (AvgIpc) is 2.61. The molecule has 0 aliphatic heterocycles. The summed E-state index contributed by atoms with van der Waals surface area (Å²) in [5.74, 6) is 0.0569. The first-order valence-corrected chi connectivity index (χ1v) is 7.83. The van der Waals surface area contributed by atoms with E-state index in [0.29, 0.717) is 33.9 Å². The van der Waals surface area contributed by atoms with Crippen LogP contribution in [0.3, 0.4) is 0 Å². The van der Waals surface area contributed by atoms with Crippen molar-refractivity contribution in [2.45, 2.75) is 6.42 Å². The Morgan fingerprint density at radius 1 is 0.708 bits per heavy atom. The van der Waals surface area contributed by atoms with Crippen molar-refractivity contribution in [2.24, 2.45) is 0 Å². The summed E-state index contributed by atoms with van der Waals surface area (Å²) in [4.78, 5) is 25.3. The number of fused-ring (bicyclic) bond motifs is 5. The van der Waals surface area contributed by atoms with Gasteiger partial charge in [-0.05, 0) is 41.0 Å². The molecule has 1 aliphatic carbocycles. The molecule has 4 aromatic rings. The SMILES string of the molecule is O=C1Cc2ccccc2-c2cc3c(=O)c4ccccc4oc3cc21. The number of hydrogen-bond acceptors (Lipinski definition) is 3. The Hall–Kier alpha value is -3.20. The van der Waals surface area contributed by atoms with E-state index in [1.54, 1.807) is 24.3 Å². The van der Waals surface area contributed by atoms with Crippen LogP contribution in [0.1, 0.15) is 15.9 Å². The average molecular weight is 312 g/mol. The summed E-state index contributed by atoms with van der Waals surface area (Å²) in [7, 11) is 0. The number of Topliss-reactive ketones (excluding diaryl/α,β-unsaturated/α-hetero) is 1. The quantitative estimate of drug-likeness (QED) is 0.453. The first-order chi connectivity index (χ1) is 11.7. The molecule has 0 saturated heterocycles. The third-order valence-electron chi connectivity index (χ3n) is 4.67. The molecule has 3 aromatic carbocycles. The van der Waals surface area contributed by atoms with Crippen LogP contribution in [0.15, 0.2) is 69.9 Å². The van der Waals surface area contributed by atoms with Crippen molar-refractivity contribution in [1.29, 1.82) is 0 Å². The molecule has 5 rings (SSSR count). The normalized spacial score (nSPS) is 13.1. The molecule has 0 fully saturated rings. The third kappa shape index (κ3) is 1.72. The predicted molar refractivity (Wildman–Crippen MR) is 93.5 cm³/mol. The summed E-state index contributed by atoms with van der Waals surface area (Å²) in [5.41, 5.74) is 4.39. The van der Waals surface area contributed by atoms with Crippen molar-refractivity contribution >= 4 is 27.7 Å². The molecule has 0 spiro atoms. The van der Waals surface area contributed by atoms with Gasteiger partial charge in [0.1, 0.15) is 11.2 Å². The second-order valence-electron chi connectivity index (χ2n) is 6.08. The van der Waals surface area contributed by atoms with Gasteiger partial charge in [-0.3, -0.25) is 9.59 Å². The minimum Gasteiger partial charge on any atom is -0.456 e. The fourth-order valence-corrected chi connectivity index (χ4v) is 3.51. The van der Waals surface area contributed by atoms with Gasteiger partial charge in [0.2, 0.25) is 5.43 Å². The van der Waals surface area contributed by atoms with Crippen LogP contribution in [0.25, 0.3) is 33.1 Å². The zero-order valence-electron chi connectivity index (χ0n) is 12.7. The largest absolute Gasteiger partial charge is 0.456 e. The maximum Gasteiger partial charge on any atom is 0.200 e. The lowest BCUT2D eigenvalue weighted by molar-refractivity contribution is 0.0992. The van der Waals surface area contributed by atoms with Gasteiger partial charge in [-0.15, -0.1) is 0 Å². The molecule has 3 nitrogen and oxygen atoms in total. The summed E-state index contributed by atoms with van der Waals surface area (Å²) in [6.45, 7) is 0. The van der Waals surface area contributed by atoms with Crippen molar-refractivity contribution in [3.63, 3.8) is 0 Å². The summed E-state index contributed by atoms with van der Waals surface area (Å²) >= 11 is 0. The highest BCUT2D eigenvalue weighted by atomic mass is 16.3. The highest BCUT2D eigenvalue weighted by Gasteiger charge is 2.24. The van der Waals surface area contributed by atoms with Crippen LogP contribution in [0.4, 0.5) is 0 Å². The molecule has 0 unspecified atom stereocenters. The van der Waals surface area contributed by atoms with Crippen molar-refractivity contribution in [3.8, 4) is 11.1 Å². The van der Waals surface area contributed by atoms with Gasteiger partial charge in [0.05, 0.1) is 10.8 Å². The van der Waals surface area contributed by atoms with Crippen molar-refractivity contribution < 1.29 is 9.21 Å². The molecule has 0 N–H and O–H groups in total. The molecule has 1 aromatic heterocycles. The molecule has 24 heavy (non-hydrogen) atoms. The maximum atomic E-state index is 12.8. The first-order valence-electron chi connectivity index (χ1n) is 7.83. The van der Waals surface area contributed by atoms with Crippen molar-refractivity contribution in [1.82, 2.24) is 0 Å². The lowest BCUT2D eigenvalue weighted by atomic mass is 9.84. The minimum absolute atomic E-state index is 0.0569. The van der Waals surface area contributed by atoms with Gasteiger partial charge in [-0.1, -0.05) is 36.4 Å². The van der Waals surface area contributed by atoms with Gasteiger partial charge in [0.15, 0.2) is 5.78 Å². The number of rotatable bonds is 0. The van der Waals surface area contributed by atoms with E-state index < -0.39 is 0 Å². The molecule has 0 bridgehead atoms. The third-order valence-corrected chi connectivity index (χ3v) is 4.67. The van der Waals surface area contributed by atoms with Crippen LogP contribution >= 0.6 is 0 Å². The molecule has 114 valence electrons. The highest BCUT2D eigenvalue weighted by Crippen LogP contribution is 2.36. The Kier molecular flexibility index (Phi) is 2.57. The van der Waals surface area contributed by atoms with E-state index in [1.807, 2.05) is 36.4 Å². The van der Waals surface area contributed by atoms with Gasteiger partial charge in [-0.2, -0.15) is 0 Å². The van der Waals surface area contributed by atoms with E-state index in [9.17, 15) is 9.59 Å². The maximum absolute atomic E-state index is 12.8. The Morgan fingerprint density at radius 2 is 1.50 bits per heavy atom. The van der Waals surface area contributed by atoms with E-state index in [0.717, 1.165) is 16.7 Å². The van der Waals surface area contributed by atoms with Crippen LogP contribution in [0, 0.1) is 0 Å². The Bertz CT molecular complexity index is 1210. The van der Waals surface area contributed by atoms with Crippen molar-refractivity contribution in [3.05, 3.63) is 82.0 Å². The lowest BCUT2D eigenvalue weighted by Crippen LogP contribution is -2.13. The Balaban J connectivity index is 1.94. The number of hydrogen-bond donors (Lipinski definition) is 0. The summed E-state index contributed by atoms with van der Waals surface area (Å²) in [5, 5.41) is 1.07. The minimum atomic E-state index is -0.0647. The Morgan fingerprint density at radius 3 is 2.42 bits per heavy atom. The number of ketones is 1. The van der Waals surface area contributed by atoms with Crippen LogP contribution < -0.4 is 5.43 Å². The number of carbonyl (C=O) groups is 1. The van der Waals surface area contributed by atoms with E-state index >= 15 is 0 Å². The molecule has 0 amide bonds. The van der Waals surface area contributed by atoms with Crippen molar-refractivity contribution in [2.75, 3.05) is 0 Å². The summed E-state index contributed by atoms with van der Waals surface area (Å²) < 4.78 is 5.88. The highest BCUT2D eigenvalue weighted by molar-refractivity contribution is 6.10. The second-order valence-corrected chi connectivity index (χ2v) is 6.08. The molecule has 1 heterocycles. The first kappa shape index (κ1) is 13.3. The zero-order chi connectivity index (χ0) is 16.3. The lowest BCUT2D eigenvalue weighted by Gasteiger charge is -2.19. The summed E-state index contributed by atoms with van der Waals surface area (Å²) in [6.07, 6.45) is 0.381. The fraction of sp³-hybridized carbons (Fsp3) is 0.0476. The fourth-order valence-electron chi connectivity index (χ4n) is 3.51. The van der Waals surface area contributed by atoms with E-state index in [2.05, 4.69) is 0 Å². The molecule has 3 heteroatoms. The summed E-state index contributed by atoms with van der Waals surface area (Å²) in [6, 6.07) is 18.5. The Labute approximate surface area is 137 Å². The van der Waals surface area contributed by atoms with E-state index in [1.165, 1.54) is 0 Å². The van der Waals surface area contributed by atoms with Crippen LogP contribution in [0.2, 0.25) is 0 Å². The molecule has 0 atom stereocenters. The predicted octanol–water partition coefficient (Wildman–Crippen LogP) is 4.35. The monoisotopic (exact) mass is 312 g/mol. The van der Waals surface area contributed by atoms with Gasteiger partial charge in [0.25, 0.3) is 0 Å². The van der Waals surface area contributed by atoms with Crippen LogP contribution in [0.5, 0.6) is 0 Å². The van der Waals surface area contributed by atoms with E-state index in [-0.39, 0.29) is 11.2 Å². The molecular weight excluding hydrogens is 300 g/mol. The van der Waals surface area contributed by atoms with Gasteiger partial charge < -0.3 is 4.42 Å². The van der Waals surface area contributed by atoms with E-state index in [4.69, 9.17) is 4.42 Å². The topological polar surface area (TPSA) is 47.3 Å². The molecular formula is C21H12O3. The number of carbonyl (C=O) groups excluding carboxylic acids is 1. The molecule has 0 saturated carbocycles. The second kappa shape index (κ2) is 4.65. The van der Waals surface area contributed by atoms with Crippen LogP contribution in [-0.2, 0) is 6.42 Å². The smallest absolute Gasteiger partial charge is 0.200 e. The van der Waals surface area contributed by atoms with Gasteiger partial charge >= 0.3 is 0 Å². The van der Waals surface area contributed by atoms with Crippen LogP contribution in [-0.4, -0.2) is 5.78 Å². The number of para-hydroxylation sites is 1. The standard InChI is InChI=1S/C21H12O3/c22-18-9-12-5-1-2-6-13(12)15-10-17-20(11-16(15)18)24-19-8-4-3-7-14(19)21(17)23/h1-8,10-11H,9H2. The zero-order valence-corrected chi connectivity index (χ0v) is 12.7. The molecule has 1 aliphatic rings. The van der Waals surface area contributed by atoms with Gasteiger partial charge in [0, 0.05) is 12.0 Å². The van der Waals surface area contributed by atoms with Gasteiger partial charge in [-0.25, -0.2) is 0 Å². The molecule has 0 radical (unpaired) electrons. The number of benzene rings is 3.